The summed E-state index contributed by atoms with van der Waals surface area (Å²) in [6.07, 6.45) is 6.43. The summed E-state index contributed by atoms with van der Waals surface area (Å²) in [4.78, 5) is 10.7. The van der Waals surface area contributed by atoms with Crippen molar-refractivity contribution in [3.05, 3.63) is 35.4 Å². The van der Waals surface area contributed by atoms with Crippen molar-refractivity contribution in [3.63, 3.8) is 0 Å². The molecule has 0 atom stereocenters. The van der Waals surface area contributed by atoms with Crippen molar-refractivity contribution < 1.29 is 4.79 Å². The van der Waals surface area contributed by atoms with Crippen LogP contribution in [0.4, 0.5) is 0 Å². The Bertz CT molecular complexity index is 452. The average molecular weight is 196 g/mol. The third kappa shape index (κ3) is 3.71. The van der Waals surface area contributed by atoms with Crippen LogP contribution in [0.2, 0.25) is 0 Å². The van der Waals surface area contributed by atoms with Crippen LogP contribution in [-0.2, 0) is 4.79 Å². The third-order valence-electron chi connectivity index (χ3n) is 1.91. The fourth-order valence-corrected chi connectivity index (χ4v) is 1.11. The summed E-state index contributed by atoms with van der Waals surface area (Å²) < 4.78 is 0. The van der Waals surface area contributed by atoms with Crippen molar-refractivity contribution in [2.75, 3.05) is 0 Å². The van der Waals surface area contributed by atoms with E-state index in [0.717, 1.165) is 11.1 Å². The highest BCUT2D eigenvalue weighted by molar-refractivity contribution is 5.75. The van der Waals surface area contributed by atoms with E-state index < -0.39 is 0 Å². The van der Waals surface area contributed by atoms with Crippen molar-refractivity contribution in [1.82, 2.24) is 0 Å². The van der Waals surface area contributed by atoms with Gasteiger partial charge < -0.3 is 0 Å². The molecule has 0 aromatic heterocycles. The summed E-state index contributed by atoms with van der Waals surface area (Å²) in [7, 11) is 0. The molecule has 0 aliphatic rings. The molecule has 1 heteroatoms. The van der Waals surface area contributed by atoms with E-state index in [-0.39, 0.29) is 5.78 Å². The summed E-state index contributed by atoms with van der Waals surface area (Å²) in [6.45, 7) is 1.57. The fraction of sp³-hybridized carbons (Fsp3) is 0.214. The molecule has 1 rings (SSSR count). The normalized spacial score (nSPS) is 8.53. The standard InChI is InChI=1S/C14H12O/c1-3-13-9-6-7-11-14(13)10-5-4-8-12(2)15/h1,6-7,9,11H,4,8H2,2H3. The van der Waals surface area contributed by atoms with E-state index in [4.69, 9.17) is 6.42 Å². The van der Waals surface area contributed by atoms with Crippen LogP contribution >= 0.6 is 0 Å². The van der Waals surface area contributed by atoms with Gasteiger partial charge in [-0.05, 0) is 19.1 Å². The molecular formula is C14H12O. The topological polar surface area (TPSA) is 17.1 Å². The maximum absolute atomic E-state index is 10.7. The van der Waals surface area contributed by atoms with Gasteiger partial charge in [0.25, 0.3) is 0 Å². The molecule has 0 saturated heterocycles. The Kier molecular flexibility index (Phi) is 4.20. The lowest BCUT2D eigenvalue weighted by molar-refractivity contribution is -0.116. The first-order chi connectivity index (χ1) is 7.24. The summed E-state index contributed by atoms with van der Waals surface area (Å²) in [5.74, 6) is 8.65. The van der Waals surface area contributed by atoms with Crippen LogP contribution in [0.1, 0.15) is 30.9 Å². The third-order valence-corrected chi connectivity index (χ3v) is 1.91. The summed E-state index contributed by atoms with van der Waals surface area (Å²) in [5, 5.41) is 0. The highest BCUT2D eigenvalue weighted by atomic mass is 16.1. The SMILES string of the molecule is C#Cc1ccccc1C#CCCC(C)=O. The van der Waals surface area contributed by atoms with Crippen molar-refractivity contribution in [3.8, 4) is 24.2 Å². The van der Waals surface area contributed by atoms with Crippen molar-refractivity contribution >= 4 is 5.78 Å². The zero-order valence-corrected chi connectivity index (χ0v) is 8.71. The van der Waals surface area contributed by atoms with Crippen LogP contribution in [0.3, 0.4) is 0 Å². The van der Waals surface area contributed by atoms with Gasteiger partial charge in [0.2, 0.25) is 0 Å². The molecule has 1 aromatic carbocycles. The summed E-state index contributed by atoms with van der Waals surface area (Å²) in [5.41, 5.74) is 1.65. The van der Waals surface area contributed by atoms with Crippen molar-refractivity contribution in [2.24, 2.45) is 0 Å². The minimum atomic E-state index is 0.162. The van der Waals surface area contributed by atoms with Gasteiger partial charge in [-0.25, -0.2) is 0 Å². The molecule has 15 heavy (non-hydrogen) atoms. The first kappa shape index (κ1) is 11.1. The van der Waals surface area contributed by atoms with Crippen LogP contribution in [0, 0.1) is 24.2 Å². The number of hydrogen-bond donors (Lipinski definition) is 0. The molecule has 74 valence electrons. The van der Waals surface area contributed by atoms with Crippen LogP contribution in [0.25, 0.3) is 0 Å². The second kappa shape index (κ2) is 5.68. The number of hydrogen-bond acceptors (Lipinski definition) is 1. The van der Waals surface area contributed by atoms with E-state index in [1.54, 1.807) is 6.92 Å². The maximum atomic E-state index is 10.7. The van der Waals surface area contributed by atoms with Gasteiger partial charge >= 0.3 is 0 Å². The monoisotopic (exact) mass is 196 g/mol. The van der Waals surface area contributed by atoms with Gasteiger partial charge in [0, 0.05) is 24.0 Å². The molecule has 0 heterocycles. The molecule has 0 saturated carbocycles. The van der Waals surface area contributed by atoms with Crippen LogP contribution in [0.5, 0.6) is 0 Å². The first-order valence-corrected chi connectivity index (χ1v) is 4.78. The van der Waals surface area contributed by atoms with Gasteiger partial charge in [-0.2, -0.15) is 0 Å². The zero-order chi connectivity index (χ0) is 11.1. The molecule has 0 aliphatic carbocycles. The van der Waals surface area contributed by atoms with Crippen molar-refractivity contribution in [2.45, 2.75) is 19.8 Å². The number of terminal acetylenes is 1. The Labute approximate surface area is 90.5 Å². The Balaban J connectivity index is 2.72. The number of benzene rings is 1. The molecule has 0 bridgehead atoms. The van der Waals surface area contributed by atoms with Crippen LogP contribution in [0.15, 0.2) is 24.3 Å². The van der Waals surface area contributed by atoms with E-state index in [1.807, 2.05) is 24.3 Å². The number of rotatable bonds is 2. The predicted octanol–water partition coefficient (Wildman–Crippen LogP) is 2.39. The highest BCUT2D eigenvalue weighted by Gasteiger charge is 1.93. The lowest BCUT2D eigenvalue weighted by atomic mass is 10.1. The van der Waals surface area contributed by atoms with E-state index in [0.29, 0.717) is 12.8 Å². The molecule has 0 fully saturated rings. The second-order valence-electron chi connectivity index (χ2n) is 3.19. The minimum absolute atomic E-state index is 0.162. The average Bonchev–Trinajstić information content (AvgIpc) is 2.24. The Morgan fingerprint density at radius 1 is 1.33 bits per heavy atom. The largest absolute Gasteiger partial charge is 0.300 e. The molecule has 0 amide bonds. The van der Waals surface area contributed by atoms with E-state index in [9.17, 15) is 4.79 Å². The second-order valence-corrected chi connectivity index (χ2v) is 3.19. The van der Waals surface area contributed by atoms with E-state index in [1.165, 1.54) is 0 Å². The summed E-state index contributed by atoms with van der Waals surface area (Å²) in [6, 6.07) is 7.52. The molecule has 1 aromatic rings. The first-order valence-electron chi connectivity index (χ1n) is 4.78. The predicted molar refractivity (Wildman–Crippen MR) is 61.2 cm³/mol. The lowest BCUT2D eigenvalue weighted by Crippen LogP contribution is -1.87. The summed E-state index contributed by atoms with van der Waals surface area (Å²) >= 11 is 0. The molecular weight excluding hydrogens is 184 g/mol. The van der Waals surface area contributed by atoms with Crippen LogP contribution < -0.4 is 0 Å². The van der Waals surface area contributed by atoms with Gasteiger partial charge in [0.15, 0.2) is 0 Å². The fourth-order valence-electron chi connectivity index (χ4n) is 1.11. The van der Waals surface area contributed by atoms with Gasteiger partial charge in [0.05, 0.1) is 0 Å². The number of carbonyl (C=O) groups excluding carboxylic acids is 1. The number of carbonyl (C=O) groups is 1. The Morgan fingerprint density at radius 3 is 2.60 bits per heavy atom. The zero-order valence-electron chi connectivity index (χ0n) is 8.71. The van der Waals surface area contributed by atoms with Crippen molar-refractivity contribution in [1.29, 1.82) is 0 Å². The van der Waals surface area contributed by atoms with Gasteiger partial charge in [0.1, 0.15) is 5.78 Å². The van der Waals surface area contributed by atoms with Gasteiger partial charge in [-0.1, -0.05) is 29.9 Å². The number of ketones is 1. The minimum Gasteiger partial charge on any atom is -0.300 e. The van der Waals surface area contributed by atoms with Crippen LogP contribution in [-0.4, -0.2) is 5.78 Å². The molecule has 0 aliphatic heterocycles. The van der Waals surface area contributed by atoms with E-state index >= 15 is 0 Å². The molecule has 1 nitrogen and oxygen atoms in total. The Hall–Kier alpha value is -1.99. The smallest absolute Gasteiger partial charge is 0.130 e. The molecule has 0 unspecified atom stereocenters. The maximum Gasteiger partial charge on any atom is 0.130 e. The van der Waals surface area contributed by atoms with E-state index in [2.05, 4.69) is 17.8 Å². The molecule has 0 spiro atoms. The quantitative estimate of drug-likeness (QED) is 0.664. The van der Waals surface area contributed by atoms with Gasteiger partial charge in [-0.3, -0.25) is 4.79 Å². The van der Waals surface area contributed by atoms with Gasteiger partial charge in [-0.15, -0.1) is 6.42 Å². The molecule has 0 N–H and O–H groups in total. The number of Topliss-reactive ketones (excluding diaryl/α,β-unsaturated/α-hetero) is 1. The lowest BCUT2D eigenvalue weighted by Gasteiger charge is -1.93. The highest BCUT2D eigenvalue weighted by Crippen LogP contribution is 2.05. The molecule has 0 radical (unpaired) electrons. The Morgan fingerprint density at radius 2 is 2.00 bits per heavy atom.